The molecular weight excluding hydrogens is 390 g/mol. The predicted octanol–water partition coefficient (Wildman–Crippen LogP) is 4.37. The molecule has 3 nitrogen and oxygen atoms in total. The molecule has 1 aromatic rings. The van der Waals surface area contributed by atoms with Gasteiger partial charge in [-0.2, -0.15) is 11.8 Å². The summed E-state index contributed by atoms with van der Waals surface area (Å²) in [5.74, 6) is 1.17. The Balaban J connectivity index is 2.32. The van der Waals surface area contributed by atoms with E-state index in [4.69, 9.17) is 11.6 Å². The van der Waals surface area contributed by atoms with Crippen LogP contribution in [0.3, 0.4) is 0 Å². The molecule has 0 aliphatic carbocycles. The molecule has 0 aliphatic heterocycles. The number of halogens is 2. The Morgan fingerprint density at radius 2 is 2.05 bits per heavy atom. The molecule has 1 rings (SSSR count). The summed E-state index contributed by atoms with van der Waals surface area (Å²) in [6, 6.07) is 1.47. The highest BCUT2D eigenvalue weighted by Gasteiger charge is 2.18. The quantitative estimate of drug-likeness (QED) is 0.619. The first-order valence-corrected chi connectivity index (χ1v) is 10.8. The van der Waals surface area contributed by atoms with E-state index in [2.05, 4.69) is 26.9 Å². The van der Waals surface area contributed by atoms with Crippen molar-refractivity contribution in [1.29, 1.82) is 0 Å². The van der Waals surface area contributed by atoms with E-state index in [9.17, 15) is 8.42 Å². The highest BCUT2D eigenvalue weighted by Crippen LogP contribution is 2.34. The van der Waals surface area contributed by atoms with E-state index in [1.165, 1.54) is 18.2 Å². The van der Waals surface area contributed by atoms with Gasteiger partial charge in [0, 0.05) is 6.54 Å². The molecule has 0 radical (unpaired) electrons. The maximum absolute atomic E-state index is 11.9. The highest BCUT2D eigenvalue weighted by molar-refractivity contribution is 9.11. The van der Waals surface area contributed by atoms with Gasteiger partial charge in [0.1, 0.15) is 4.21 Å². The maximum atomic E-state index is 11.9. The van der Waals surface area contributed by atoms with Gasteiger partial charge >= 0.3 is 0 Å². The first-order chi connectivity index (χ1) is 8.97. The molecule has 1 N–H and O–H groups in total. The van der Waals surface area contributed by atoms with Gasteiger partial charge in [0.15, 0.2) is 0 Å². The zero-order valence-electron chi connectivity index (χ0n) is 10.6. The SMILES string of the molecule is CSCCCCCCNS(=O)(=O)c1cc(Cl)c(Br)s1. The van der Waals surface area contributed by atoms with Crippen LogP contribution in [0.2, 0.25) is 5.02 Å². The van der Waals surface area contributed by atoms with Crippen LogP contribution in [0.25, 0.3) is 0 Å². The second kappa shape index (κ2) is 8.89. The molecule has 0 bridgehead atoms. The average Bonchev–Trinajstić information content (AvgIpc) is 2.69. The summed E-state index contributed by atoms with van der Waals surface area (Å²) in [7, 11) is -3.41. The van der Waals surface area contributed by atoms with E-state index < -0.39 is 10.0 Å². The predicted molar refractivity (Wildman–Crippen MR) is 89.1 cm³/mol. The molecule has 0 amide bonds. The summed E-state index contributed by atoms with van der Waals surface area (Å²) in [5.41, 5.74) is 0. The number of nitrogens with one attached hydrogen (secondary N) is 1. The van der Waals surface area contributed by atoms with Crippen molar-refractivity contribution in [2.24, 2.45) is 0 Å². The number of unbranched alkanes of at least 4 members (excludes halogenated alkanes) is 3. The van der Waals surface area contributed by atoms with E-state index >= 15 is 0 Å². The molecule has 0 saturated carbocycles. The minimum absolute atomic E-state index is 0.256. The van der Waals surface area contributed by atoms with Crippen molar-refractivity contribution >= 4 is 60.7 Å². The van der Waals surface area contributed by atoms with Crippen molar-refractivity contribution in [3.8, 4) is 0 Å². The molecule has 0 saturated heterocycles. The molecule has 8 heteroatoms. The van der Waals surface area contributed by atoms with Gasteiger partial charge in [-0.15, -0.1) is 11.3 Å². The van der Waals surface area contributed by atoms with Crippen LogP contribution < -0.4 is 4.72 Å². The average molecular weight is 407 g/mol. The zero-order chi connectivity index (χ0) is 14.3. The summed E-state index contributed by atoms with van der Waals surface area (Å²) >= 11 is 12.0. The van der Waals surface area contributed by atoms with Crippen molar-refractivity contribution in [2.75, 3.05) is 18.6 Å². The first kappa shape index (κ1) is 17.8. The molecule has 0 atom stereocenters. The van der Waals surface area contributed by atoms with Gasteiger partial charge in [0.25, 0.3) is 0 Å². The Morgan fingerprint density at radius 1 is 1.37 bits per heavy atom. The van der Waals surface area contributed by atoms with Crippen molar-refractivity contribution in [2.45, 2.75) is 29.9 Å². The van der Waals surface area contributed by atoms with E-state index in [1.54, 1.807) is 0 Å². The number of thiophene rings is 1. The van der Waals surface area contributed by atoms with Gasteiger partial charge in [-0.1, -0.05) is 24.4 Å². The standard InChI is InChI=1S/C11H17BrClNO2S3/c1-17-7-5-3-2-4-6-14-19(15,16)10-8-9(13)11(12)18-10/h8,14H,2-7H2,1H3. The van der Waals surface area contributed by atoms with Crippen LogP contribution in [0.1, 0.15) is 25.7 Å². The third-order valence-corrected chi connectivity index (χ3v) is 7.56. The Labute approximate surface area is 136 Å². The topological polar surface area (TPSA) is 46.2 Å². The van der Waals surface area contributed by atoms with Gasteiger partial charge in [-0.05, 0) is 46.8 Å². The van der Waals surface area contributed by atoms with Crippen molar-refractivity contribution in [3.63, 3.8) is 0 Å². The van der Waals surface area contributed by atoms with Crippen LogP contribution in [-0.4, -0.2) is 27.0 Å². The van der Waals surface area contributed by atoms with Crippen molar-refractivity contribution in [3.05, 3.63) is 14.9 Å². The van der Waals surface area contributed by atoms with Crippen molar-refractivity contribution < 1.29 is 8.42 Å². The van der Waals surface area contributed by atoms with Gasteiger partial charge in [0.2, 0.25) is 10.0 Å². The molecule has 19 heavy (non-hydrogen) atoms. The lowest BCUT2D eigenvalue weighted by atomic mass is 10.2. The third-order valence-electron chi connectivity index (χ3n) is 2.45. The van der Waals surface area contributed by atoms with E-state index in [1.807, 2.05) is 11.8 Å². The number of thioether (sulfide) groups is 1. The fourth-order valence-electron chi connectivity index (χ4n) is 1.46. The summed E-state index contributed by atoms with van der Waals surface area (Å²) in [6.07, 6.45) is 6.37. The minimum Gasteiger partial charge on any atom is -0.210 e. The van der Waals surface area contributed by atoms with Crippen LogP contribution in [-0.2, 0) is 10.0 Å². The summed E-state index contributed by atoms with van der Waals surface area (Å²) in [5, 5.41) is 0.433. The molecule has 0 unspecified atom stereocenters. The van der Waals surface area contributed by atoms with Crippen LogP contribution in [0.5, 0.6) is 0 Å². The number of hydrogen-bond acceptors (Lipinski definition) is 4. The van der Waals surface area contributed by atoms with Crippen LogP contribution in [0.4, 0.5) is 0 Å². The number of rotatable bonds is 9. The molecular formula is C11H17BrClNO2S3. The lowest BCUT2D eigenvalue weighted by Gasteiger charge is -2.04. The summed E-state index contributed by atoms with van der Waals surface area (Å²) < 4.78 is 27.4. The largest absolute Gasteiger partial charge is 0.250 e. The Kier molecular flexibility index (Phi) is 8.32. The summed E-state index contributed by atoms with van der Waals surface area (Å²) in [4.78, 5) is 0. The normalized spacial score (nSPS) is 11.9. The second-order valence-corrected chi connectivity index (χ2v) is 9.75. The molecule has 1 aromatic heterocycles. The van der Waals surface area contributed by atoms with Gasteiger partial charge < -0.3 is 0 Å². The number of hydrogen-bond donors (Lipinski definition) is 1. The van der Waals surface area contributed by atoms with Gasteiger partial charge in [-0.25, -0.2) is 13.1 Å². The molecule has 0 spiro atoms. The molecule has 0 aliphatic rings. The van der Waals surface area contributed by atoms with E-state index in [0.717, 1.165) is 30.6 Å². The lowest BCUT2D eigenvalue weighted by Crippen LogP contribution is -2.23. The molecule has 1 heterocycles. The van der Waals surface area contributed by atoms with Crippen LogP contribution >= 0.6 is 50.6 Å². The number of sulfonamides is 1. The van der Waals surface area contributed by atoms with Gasteiger partial charge in [-0.3, -0.25) is 0 Å². The molecule has 110 valence electrons. The first-order valence-electron chi connectivity index (χ1n) is 5.91. The Bertz CT molecular complexity index is 471. The molecule has 0 fully saturated rings. The Hall–Kier alpha value is 0.730. The monoisotopic (exact) mass is 405 g/mol. The van der Waals surface area contributed by atoms with Crippen LogP contribution in [0, 0.1) is 0 Å². The smallest absolute Gasteiger partial charge is 0.210 e. The van der Waals surface area contributed by atoms with Crippen LogP contribution in [0.15, 0.2) is 14.1 Å². The zero-order valence-corrected chi connectivity index (χ0v) is 15.4. The van der Waals surface area contributed by atoms with E-state index in [-0.39, 0.29) is 4.21 Å². The van der Waals surface area contributed by atoms with E-state index in [0.29, 0.717) is 15.4 Å². The lowest BCUT2D eigenvalue weighted by molar-refractivity contribution is 0.576. The minimum atomic E-state index is -3.41. The fraction of sp³-hybridized carbons (Fsp3) is 0.636. The second-order valence-electron chi connectivity index (χ2n) is 3.99. The third kappa shape index (κ3) is 6.35. The van der Waals surface area contributed by atoms with Gasteiger partial charge in [0.05, 0.1) is 8.81 Å². The Morgan fingerprint density at radius 3 is 2.63 bits per heavy atom. The summed E-state index contributed by atoms with van der Waals surface area (Å²) in [6.45, 7) is 0.481. The highest BCUT2D eigenvalue weighted by atomic mass is 79.9. The molecule has 0 aromatic carbocycles. The maximum Gasteiger partial charge on any atom is 0.250 e. The van der Waals surface area contributed by atoms with Crippen molar-refractivity contribution in [1.82, 2.24) is 4.72 Å². The fourth-order valence-corrected chi connectivity index (χ4v) is 5.47.